The summed E-state index contributed by atoms with van der Waals surface area (Å²) >= 11 is 5.98. The second-order valence-corrected chi connectivity index (χ2v) is 8.20. The molecular weight excluding hydrogens is 464 g/mol. The Morgan fingerprint density at radius 3 is 2.50 bits per heavy atom. The van der Waals surface area contributed by atoms with Gasteiger partial charge in [-0.05, 0) is 54.4 Å². The number of carbonyl (C=O) groups excluding carboxylic acids is 1. The Hall–Kier alpha value is -4.11. The highest BCUT2D eigenvalue weighted by Gasteiger charge is 2.20. The highest BCUT2D eigenvalue weighted by Crippen LogP contribution is 2.19. The van der Waals surface area contributed by atoms with Crippen molar-refractivity contribution in [2.75, 3.05) is 5.32 Å². The van der Waals surface area contributed by atoms with Gasteiger partial charge in [0.15, 0.2) is 11.6 Å². The van der Waals surface area contributed by atoms with Crippen LogP contribution in [0.5, 0.6) is 0 Å². The number of aryl methyl sites for hydroxylation is 1. The lowest BCUT2D eigenvalue weighted by molar-refractivity contribution is 0.101. The van der Waals surface area contributed by atoms with Crippen LogP contribution < -0.4 is 10.9 Å². The van der Waals surface area contributed by atoms with E-state index in [1.165, 1.54) is 10.6 Å². The Labute approximate surface area is 196 Å². The van der Waals surface area contributed by atoms with Gasteiger partial charge < -0.3 is 5.32 Å². The molecule has 2 aromatic heterocycles. The van der Waals surface area contributed by atoms with Crippen molar-refractivity contribution in [1.29, 1.82) is 0 Å². The van der Waals surface area contributed by atoms with Gasteiger partial charge in [0.2, 0.25) is 11.5 Å². The molecule has 1 amide bonds. The number of hydrogen-bond donors (Lipinski definition) is 1. The molecule has 7 nitrogen and oxygen atoms in total. The van der Waals surface area contributed by atoms with Gasteiger partial charge in [-0.1, -0.05) is 29.8 Å². The number of aromatic nitrogens is 4. The second kappa shape index (κ2) is 8.35. The minimum absolute atomic E-state index is 0.0309. The van der Waals surface area contributed by atoms with Crippen molar-refractivity contribution in [3.63, 3.8) is 0 Å². The van der Waals surface area contributed by atoms with Crippen molar-refractivity contribution in [2.24, 2.45) is 0 Å². The fourth-order valence-electron chi connectivity index (χ4n) is 3.66. The summed E-state index contributed by atoms with van der Waals surface area (Å²) in [6, 6.07) is 15.6. The fraction of sp³-hybridized carbons (Fsp3) is 0.0833. The minimum atomic E-state index is -1.10. The lowest BCUT2D eigenvalue weighted by Crippen LogP contribution is -2.24. The van der Waals surface area contributed by atoms with E-state index >= 15 is 0 Å². The van der Waals surface area contributed by atoms with Crippen LogP contribution in [-0.2, 0) is 6.54 Å². The van der Waals surface area contributed by atoms with E-state index in [4.69, 9.17) is 11.6 Å². The van der Waals surface area contributed by atoms with Crippen LogP contribution >= 0.6 is 11.6 Å². The number of carbonyl (C=O) groups is 1. The molecule has 5 aromatic rings. The number of halogens is 3. The van der Waals surface area contributed by atoms with E-state index in [2.05, 4.69) is 15.4 Å². The molecule has 0 aliphatic carbocycles. The smallest absolute Gasteiger partial charge is 0.296 e. The van der Waals surface area contributed by atoms with Crippen molar-refractivity contribution < 1.29 is 13.6 Å². The van der Waals surface area contributed by atoms with Gasteiger partial charge in [-0.25, -0.2) is 13.3 Å². The summed E-state index contributed by atoms with van der Waals surface area (Å²) in [4.78, 5) is 30.2. The van der Waals surface area contributed by atoms with Gasteiger partial charge in [-0.15, -0.1) is 5.10 Å². The first kappa shape index (κ1) is 21.7. The van der Waals surface area contributed by atoms with Gasteiger partial charge in [0.1, 0.15) is 0 Å². The van der Waals surface area contributed by atoms with E-state index in [1.54, 1.807) is 22.8 Å². The largest absolute Gasteiger partial charge is 0.319 e. The first-order valence-corrected chi connectivity index (χ1v) is 10.6. The molecule has 34 heavy (non-hydrogen) atoms. The molecule has 0 unspecified atom stereocenters. The van der Waals surface area contributed by atoms with Crippen molar-refractivity contribution in [1.82, 2.24) is 19.2 Å². The molecule has 0 atom stereocenters. The van der Waals surface area contributed by atoms with Crippen LogP contribution in [0.15, 0.2) is 65.5 Å². The van der Waals surface area contributed by atoms with Crippen LogP contribution in [0.2, 0.25) is 5.02 Å². The molecule has 3 aromatic carbocycles. The summed E-state index contributed by atoms with van der Waals surface area (Å²) in [6.07, 6.45) is 0. The topological polar surface area (TPSA) is 81.3 Å². The van der Waals surface area contributed by atoms with Crippen LogP contribution in [0, 0.1) is 18.6 Å². The highest BCUT2D eigenvalue weighted by atomic mass is 35.5. The van der Waals surface area contributed by atoms with Crippen molar-refractivity contribution in [2.45, 2.75) is 13.5 Å². The van der Waals surface area contributed by atoms with E-state index in [9.17, 15) is 18.4 Å². The number of rotatable bonds is 4. The lowest BCUT2D eigenvalue weighted by atomic mass is 10.2. The summed E-state index contributed by atoms with van der Waals surface area (Å²) in [5.74, 6) is -3.19. The van der Waals surface area contributed by atoms with E-state index in [0.29, 0.717) is 16.1 Å². The molecule has 0 aliphatic heterocycles. The predicted octanol–water partition coefficient (Wildman–Crippen LogP) is 4.58. The van der Waals surface area contributed by atoms with E-state index < -0.39 is 23.1 Å². The summed E-state index contributed by atoms with van der Waals surface area (Å²) < 4.78 is 29.5. The number of nitrogens with zero attached hydrogens (tertiary/aromatic N) is 4. The summed E-state index contributed by atoms with van der Waals surface area (Å²) in [5, 5.41) is 7.23. The third kappa shape index (κ3) is 3.90. The number of hydrogen-bond acceptors (Lipinski definition) is 4. The number of nitrogens with one attached hydrogen (secondary N) is 1. The fourth-order valence-corrected chi connectivity index (χ4v) is 3.79. The summed E-state index contributed by atoms with van der Waals surface area (Å²) in [7, 11) is 0. The maximum atomic E-state index is 13.5. The first-order valence-electron chi connectivity index (χ1n) is 10.2. The number of anilines is 1. The molecule has 170 valence electrons. The predicted molar refractivity (Wildman–Crippen MR) is 124 cm³/mol. The molecule has 2 heterocycles. The third-order valence-electron chi connectivity index (χ3n) is 5.33. The molecular formula is C24H16ClF2N5O2. The molecule has 1 N–H and O–H groups in total. The number of fused-ring (bicyclic) bond motifs is 3. The zero-order chi connectivity index (χ0) is 24.0. The Balaban J connectivity index is 1.62. The molecule has 0 fully saturated rings. The van der Waals surface area contributed by atoms with Crippen molar-refractivity contribution >= 4 is 39.9 Å². The molecule has 0 saturated heterocycles. The number of amides is 1. The molecule has 10 heteroatoms. The van der Waals surface area contributed by atoms with Crippen LogP contribution in [0.3, 0.4) is 0 Å². The molecule has 0 saturated carbocycles. The zero-order valence-corrected chi connectivity index (χ0v) is 18.5. The normalized spacial score (nSPS) is 11.3. The Morgan fingerprint density at radius 2 is 1.76 bits per heavy atom. The van der Waals surface area contributed by atoms with E-state index in [0.717, 1.165) is 23.3 Å². The quantitative estimate of drug-likeness (QED) is 0.409. The third-order valence-corrected chi connectivity index (χ3v) is 5.58. The standard InChI is InChI=1S/C24H16ClF2N5O2/c1-13-2-9-19-20(10-13)31(12-14-3-5-15(25)6-4-14)24(34)22-29-21(30-32(19)22)23(33)28-16-7-8-17(26)18(27)11-16/h2-11H,12H2,1H3,(H,28,33). The van der Waals surface area contributed by atoms with Crippen LogP contribution in [0.25, 0.3) is 16.7 Å². The van der Waals surface area contributed by atoms with Crippen molar-refractivity contribution in [3.8, 4) is 0 Å². The minimum Gasteiger partial charge on any atom is -0.319 e. The molecule has 0 aliphatic rings. The Kier molecular flexibility index (Phi) is 5.33. The SMILES string of the molecule is Cc1ccc2c(c1)n(Cc1ccc(Cl)cc1)c(=O)c1nc(C(=O)Nc3ccc(F)c(F)c3)nn12. The second-order valence-electron chi connectivity index (χ2n) is 7.76. The van der Waals surface area contributed by atoms with Crippen LogP contribution in [0.1, 0.15) is 21.7 Å². The maximum absolute atomic E-state index is 13.5. The average molecular weight is 480 g/mol. The first-order chi connectivity index (χ1) is 16.3. The van der Waals surface area contributed by atoms with Gasteiger partial charge >= 0.3 is 0 Å². The number of benzene rings is 3. The van der Waals surface area contributed by atoms with Gasteiger partial charge in [-0.2, -0.15) is 4.98 Å². The average Bonchev–Trinajstić information content (AvgIpc) is 3.26. The Morgan fingerprint density at radius 1 is 1.00 bits per heavy atom. The zero-order valence-electron chi connectivity index (χ0n) is 17.7. The molecule has 5 rings (SSSR count). The van der Waals surface area contributed by atoms with Crippen molar-refractivity contribution in [3.05, 3.63) is 105 Å². The van der Waals surface area contributed by atoms with Gasteiger partial charge in [-0.3, -0.25) is 14.2 Å². The molecule has 0 radical (unpaired) electrons. The monoisotopic (exact) mass is 479 g/mol. The van der Waals surface area contributed by atoms with Gasteiger partial charge in [0, 0.05) is 16.8 Å². The highest BCUT2D eigenvalue weighted by molar-refractivity contribution is 6.30. The summed E-state index contributed by atoms with van der Waals surface area (Å²) in [5.41, 5.74) is 2.54. The molecule has 0 bridgehead atoms. The van der Waals surface area contributed by atoms with Gasteiger partial charge in [0.25, 0.3) is 11.5 Å². The lowest BCUT2D eigenvalue weighted by Gasteiger charge is -2.12. The van der Waals surface area contributed by atoms with E-state index in [1.807, 2.05) is 31.2 Å². The molecule has 0 spiro atoms. The van der Waals surface area contributed by atoms with Gasteiger partial charge in [0.05, 0.1) is 17.6 Å². The van der Waals surface area contributed by atoms with Crippen LogP contribution in [0.4, 0.5) is 14.5 Å². The summed E-state index contributed by atoms with van der Waals surface area (Å²) in [6.45, 7) is 2.17. The van der Waals surface area contributed by atoms with E-state index in [-0.39, 0.29) is 23.7 Å². The maximum Gasteiger partial charge on any atom is 0.296 e. The van der Waals surface area contributed by atoms with Crippen LogP contribution in [-0.4, -0.2) is 25.1 Å². The Bertz CT molecular complexity index is 1640.